The first-order valence-electron chi connectivity index (χ1n) is 9.33. The molecular formula is C25H19ClF2. The molecule has 140 valence electrons. The van der Waals surface area contributed by atoms with E-state index in [0.717, 1.165) is 29.4 Å². The molecule has 0 heterocycles. The third kappa shape index (κ3) is 3.65. The SMILES string of the molecule is CCCc1ccc2cc(-c3ccc(-c4ccc(Cl)c(F)c4)c(F)c3)ccc2c1. The molecule has 0 amide bonds. The molecule has 4 aromatic rings. The Morgan fingerprint density at radius 3 is 2.07 bits per heavy atom. The highest BCUT2D eigenvalue weighted by molar-refractivity contribution is 6.30. The van der Waals surface area contributed by atoms with Crippen LogP contribution in [0.2, 0.25) is 5.02 Å². The summed E-state index contributed by atoms with van der Waals surface area (Å²) in [5.41, 5.74) is 3.88. The lowest BCUT2D eigenvalue weighted by atomic mass is 9.97. The Balaban J connectivity index is 1.70. The van der Waals surface area contributed by atoms with Crippen LogP contribution in [-0.2, 0) is 6.42 Å². The normalized spacial score (nSPS) is 11.1. The van der Waals surface area contributed by atoms with Gasteiger partial charge in [-0.05, 0) is 63.7 Å². The van der Waals surface area contributed by atoms with Crippen LogP contribution in [0.25, 0.3) is 33.0 Å². The van der Waals surface area contributed by atoms with Gasteiger partial charge in [0.25, 0.3) is 0 Å². The van der Waals surface area contributed by atoms with Crippen molar-refractivity contribution in [3.63, 3.8) is 0 Å². The van der Waals surface area contributed by atoms with E-state index in [0.29, 0.717) is 11.1 Å². The van der Waals surface area contributed by atoms with Gasteiger partial charge in [0.1, 0.15) is 11.6 Å². The molecule has 0 bridgehead atoms. The lowest BCUT2D eigenvalue weighted by Gasteiger charge is -2.09. The summed E-state index contributed by atoms with van der Waals surface area (Å²) in [7, 11) is 0. The van der Waals surface area contributed by atoms with Crippen LogP contribution in [0.4, 0.5) is 8.78 Å². The maximum absolute atomic E-state index is 14.7. The third-order valence-electron chi connectivity index (χ3n) is 4.98. The lowest BCUT2D eigenvalue weighted by Crippen LogP contribution is -1.89. The van der Waals surface area contributed by atoms with Crippen LogP contribution in [-0.4, -0.2) is 0 Å². The number of hydrogen-bond acceptors (Lipinski definition) is 0. The van der Waals surface area contributed by atoms with Gasteiger partial charge in [-0.3, -0.25) is 0 Å². The molecule has 0 nitrogen and oxygen atoms in total. The van der Waals surface area contributed by atoms with Crippen molar-refractivity contribution in [2.24, 2.45) is 0 Å². The van der Waals surface area contributed by atoms with E-state index in [9.17, 15) is 8.78 Å². The number of aryl methyl sites for hydroxylation is 1. The van der Waals surface area contributed by atoms with E-state index in [1.165, 1.54) is 29.1 Å². The molecule has 3 heteroatoms. The van der Waals surface area contributed by atoms with Crippen molar-refractivity contribution >= 4 is 22.4 Å². The minimum Gasteiger partial charge on any atom is -0.206 e. The van der Waals surface area contributed by atoms with Gasteiger partial charge in [-0.1, -0.05) is 73.5 Å². The first-order valence-corrected chi connectivity index (χ1v) is 9.71. The van der Waals surface area contributed by atoms with Crippen LogP contribution in [0.5, 0.6) is 0 Å². The van der Waals surface area contributed by atoms with Crippen molar-refractivity contribution in [1.29, 1.82) is 0 Å². The van der Waals surface area contributed by atoms with E-state index >= 15 is 0 Å². The first kappa shape index (κ1) is 18.6. The molecule has 0 atom stereocenters. The van der Waals surface area contributed by atoms with Crippen molar-refractivity contribution < 1.29 is 8.78 Å². The van der Waals surface area contributed by atoms with Gasteiger partial charge in [-0.2, -0.15) is 0 Å². The standard InChI is InChI=1S/C25H19ClF2/c1-2-3-16-4-5-18-13-19(7-6-17(18)12-16)20-8-10-22(24(27)14-20)21-9-11-23(26)25(28)15-21/h4-15H,2-3H2,1H3. The predicted octanol–water partition coefficient (Wildman–Crippen LogP) is 8.06. The highest BCUT2D eigenvalue weighted by Crippen LogP contribution is 2.31. The fraction of sp³-hybridized carbons (Fsp3) is 0.120. The molecule has 0 radical (unpaired) electrons. The Bertz CT molecular complexity index is 1160. The van der Waals surface area contributed by atoms with Crippen LogP contribution in [0.3, 0.4) is 0 Å². The average Bonchev–Trinajstić information content (AvgIpc) is 2.70. The highest BCUT2D eigenvalue weighted by Gasteiger charge is 2.10. The number of fused-ring (bicyclic) bond motifs is 1. The number of benzene rings is 4. The zero-order chi connectivity index (χ0) is 19.7. The summed E-state index contributed by atoms with van der Waals surface area (Å²) < 4.78 is 28.5. The molecule has 0 fully saturated rings. The fourth-order valence-electron chi connectivity index (χ4n) is 3.51. The Kier molecular flexibility index (Phi) is 5.15. The van der Waals surface area contributed by atoms with E-state index in [4.69, 9.17) is 11.6 Å². The van der Waals surface area contributed by atoms with Crippen LogP contribution in [0.15, 0.2) is 72.8 Å². The molecular weight excluding hydrogens is 374 g/mol. The summed E-state index contributed by atoms with van der Waals surface area (Å²) in [5, 5.41) is 2.34. The smallest absolute Gasteiger partial charge is 0.142 e. The monoisotopic (exact) mass is 392 g/mol. The minimum absolute atomic E-state index is 0.0269. The molecule has 0 unspecified atom stereocenters. The number of rotatable bonds is 4. The highest BCUT2D eigenvalue weighted by atomic mass is 35.5. The summed E-state index contributed by atoms with van der Waals surface area (Å²) in [5.74, 6) is -0.947. The van der Waals surface area contributed by atoms with Gasteiger partial charge in [0.15, 0.2) is 0 Å². The second-order valence-corrected chi connectivity index (χ2v) is 7.38. The molecule has 4 aromatic carbocycles. The van der Waals surface area contributed by atoms with Crippen molar-refractivity contribution in [3.05, 3.63) is 95.0 Å². The van der Waals surface area contributed by atoms with E-state index in [2.05, 4.69) is 37.3 Å². The first-order chi connectivity index (χ1) is 13.5. The van der Waals surface area contributed by atoms with E-state index in [1.54, 1.807) is 12.1 Å². The second-order valence-electron chi connectivity index (χ2n) is 6.97. The summed E-state index contributed by atoms with van der Waals surface area (Å²) in [6.45, 7) is 2.17. The van der Waals surface area contributed by atoms with Crippen LogP contribution in [0.1, 0.15) is 18.9 Å². The Hall–Kier alpha value is -2.71. The second kappa shape index (κ2) is 7.73. The Morgan fingerprint density at radius 2 is 1.32 bits per heavy atom. The number of halogens is 3. The molecule has 0 aliphatic carbocycles. The summed E-state index contributed by atoms with van der Waals surface area (Å²) in [6.07, 6.45) is 2.18. The maximum Gasteiger partial charge on any atom is 0.142 e. The average molecular weight is 393 g/mol. The minimum atomic E-state index is -0.556. The molecule has 0 N–H and O–H groups in total. The third-order valence-corrected chi connectivity index (χ3v) is 5.28. The van der Waals surface area contributed by atoms with E-state index < -0.39 is 11.6 Å². The van der Waals surface area contributed by atoms with Crippen molar-refractivity contribution in [2.45, 2.75) is 19.8 Å². The van der Waals surface area contributed by atoms with Gasteiger partial charge in [0.2, 0.25) is 0 Å². The Morgan fingerprint density at radius 1 is 0.679 bits per heavy atom. The topological polar surface area (TPSA) is 0 Å². The molecule has 0 spiro atoms. The molecule has 4 rings (SSSR count). The van der Waals surface area contributed by atoms with Gasteiger partial charge in [-0.15, -0.1) is 0 Å². The molecule has 0 saturated carbocycles. The van der Waals surface area contributed by atoms with Gasteiger partial charge in [-0.25, -0.2) is 8.78 Å². The Labute approximate surface area is 168 Å². The number of hydrogen-bond donors (Lipinski definition) is 0. The fourth-order valence-corrected chi connectivity index (χ4v) is 3.63. The van der Waals surface area contributed by atoms with Crippen LogP contribution >= 0.6 is 11.6 Å². The molecule has 28 heavy (non-hydrogen) atoms. The van der Waals surface area contributed by atoms with Crippen molar-refractivity contribution in [3.8, 4) is 22.3 Å². The molecule has 0 aliphatic heterocycles. The molecule has 0 saturated heterocycles. The van der Waals surface area contributed by atoms with Gasteiger partial charge in [0, 0.05) is 5.56 Å². The summed E-state index contributed by atoms with van der Waals surface area (Å²) in [4.78, 5) is 0. The van der Waals surface area contributed by atoms with Gasteiger partial charge >= 0.3 is 0 Å². The summed E-state index contributed by atoms with van der Waals surface area (Å²) >= 11 is 5.72. The quantitative estimate of drug-likeness (QED) is 0.329. The van der Waals surface area contributed by atoms with Gasteiger partial charge in [0.05, 0.1) is 5.02 Å². The zero-order valence-corrected chi connectivity index (χ0v) is 16.2. The zero-order valence-electron chi connectivity index (χ0n) is 15.5. The summed E-state index contributed by atoms with van der Waals surface area (Å²) in [6, 6.07) is 22.0. The van der Waals surface area contributed by atoms with Gasteiger partial charge < -0.3 is 0 Å². The van der Waals surface area contributed by atoms with E-state index in [-0.39, 0.29) is 5.02 Å². The molecule has 0 aromatic heterocycles. The van der Waals surface area contributed by atoms with Crippen molar-refractivity contribution in [2.75, 3.05) is 0 Å². The molecule has 0 aliphatic rings. The lowest BCUT2D eigenvalue weighted by molar-refractivity contribution is 0.625. The van der Waals surface area contributed by atoms with Crippen LogP contribution < -0.4 is 0 Å². The largest absolute Gasteiger partial charge is 0.206 e. The van der Waals surface area contributed by atoms with Crippen LogP contribution in [0, 0.1) is 11.6 Å². The van der Waals surface area contributed by atoms with E-state index in [1.807, 2.05) is 12.1 Å². The maximum atomic E-state index is 14.7. The predicted molar refractivity (Wildman–Crippen MR) is 114 cm³/mol. The van der Waals surface area contributed by atoms with Crippen molar-refractivity contribution in [1.82, 2.24) is 0 Å².